The summed E-state index contributed by atoms with van der Waals surface area (Å²) in [6.45, 7) is 1.99. The minimum atomic E-state index is -0.549. The summed E-state index contributed by atoms with van der Waals surface area (Å²) < 4.78 is 9.21. The predicted octanol–water partition coefficient (Wildman–Crippen LogP) is -0.683. The number of hydrogen-bond donors (Lipinski definition) is 1. The molecule has 5 heteroatoms. The van der Waals surface area contributed by atoms with Crippen molar-refractivity contribution in [2.75, 3.05) is 6.61 Å². The molecule has 0 aromatic rings. The SMILES string of the molecule is CC1OC(=O)C(N)=C1COC=O. The third-order valence-electron chi connectivity index (χ3n) is 1.65. The molecule has 0 aliphatic carbocycles. The van der Waals surface area contributed by atoms with E-state index in [4.69, 9.17) is 10.5 Å². The van der Waals surface area contributed by atoms with Gasteiger partial charge < -0.3 is 15.2 Å². The molecule has 1 heterocycles. The zero-order chi connectivity index (χ0) is 9.14. The van der Waals surface area contributed by atoms with Gasteiger partial charge in [0.05, 0.1) is 0 Å². The summed E-state index contributed by atoms with van der Waals surface area (Å²) in [4.78, 5) is 20.7. The van der Waals surface area contributed by atoms with Gasteiger partial charge in [-0.1, -0.05) is 0 Å². The van der Waals surface area contributed by atoms with Crippen LogP contribution in [0.25, 0.3) is 0 Å². The van der Waals surface area contributed by atoms with Gasteiger partial charge in [-0.3, -0.25) is 4.79 Å². The lowest BCUT2D eigenvalue weighted by Gasteiger charge is -2.05. The van der Waals surface area contributed by atoms with Crippen molar-refractivity contribution >= 4 is 12.4 Å². The topological polar surface area (TPSA) is 78.6 Å². The number of ether oxygens (including phenoxy) is 2. The van der Waals surface area contributed by atoms with Crippen molar-refractivity contribution in [2.24, 2.45) is 5.73 Å². The number of esters is 1. The summed E-state index contributed by atoms with van der Waals surface area (Å²) in [7, 11) is 0. The third kappa shape index (κ3) is 1.39. The van der Waals surface area contributed by atoms with E-state index in [1.807, 2.05) is 0 Å². The minimum Gasteiger partial charge on any atom is -0.463 e. The first-order chi connectivity index (χ1) is 5.66. The summed E-state index contributed by atoms with van der Waals surface area (Å²) >= 11 is 0. The van der Waals surface area contributed by atoms with Crippen LogP contribution in [0.3, 0.4) is 0 Å². The maximum absolute atomic E-state index is 10.8. The average molecular weight is 171 g/mol. The van der Waals surface area contributed by atoms with Gasteiger partial charge >= 0.3 is 5.97 Å². The fourth-order valence-electron chi connectivity index (χ4n) is 0.964. The van der Waals surface area contributed by atoms with Crippen molar-refractivity contribution < 1.29 is 19.1 Å². The van der Waals surface area contributed by atoms with Crippen molar-refractivity contribution in [3.8, 4) is 0 Å². The summed E-state index contributed by atoms with van der Waals surface area (Å²) in [6, 6.07) is 0. The molecule has 0 radical (unpaired) electrons. The van der Waals surface area contributed by atoms with Crippen molar-refractivity contribution in [1.82, 2.24) is 0 Å². The molecule has 12 heavy (non-hydrogen) atoms. The second kappa shape index (κ2) is 3.25. The Labute approximate surface area is 69.1 Å². The molecule has 1 aliphatic rings. The van der Waals surface area contributed by atoms with Crippen LogP contribution in [0.15, 0.2) is 11.3 Å². The van der Waals surface area contributed by atoms with Crippen molar-refractivity contribution in [3.05, 3.63) is 11.3 Å². The predicted molar refractivity (Wildman–Crippen MR) is 38.8 cm³/mol. The summed E-state index contributed by atoms with van der Waals surface area (Å²) in [5.41, 5.74) is 5.93. The molecule has 0 fully saturated rings. The van der Waals surface area contributed by atoms with Gasteiger partial charge in [-0.15, -0.1) is 0 Å². The summed E-state index contributed by atoms with van der Waals surface area (Å²) in [5, 5.41) is 0. The number of hydrogen-bond acceptors (Lipinski definition) is 5. The zero-order valence-electron chi connectivity index (χ0n) is 6.57. The second-order valence-electron chi connectivity index (χ2n) is 2.39. The van der Waals surface area contributed by atoms with Crippen molar-refractivity contribution in [2.45, 2.75) is 13.0 Å². The van der Waals surface area contributed by atoms with E-state index in [1.54, 1.807) is 6.92 Å². The highest BCUT2D eigenvalue weighted by Crippen LogP contribution is 2.18. The van der Waals surface area contributed by atoms with Crippen LogP contribution in [-0.2, 0) is 19.1 Å². The molecule has 0 aromatic carbocycles. The van der Waals surface area contributed by atoms with Gasteiger partial charge in [0, 0.05) is 5.57 Å². The van der Waals surface area contributed by atoms with E-state index in [2.05, 4.69) is 4.74 Å². The fraction of sp³-hybridized carbons (Fsp3) is 0.429. The van der Waals surface area contributed by atoms with Gasteiger partial charge in [-0.05, 0) is 6.92 Å². The first-order valence-corrected chi connectivity index (χ1v) is 3.41. The summed E-state index contributed by atoms with van der Waals surface area (Å²) in [5.74, 6) is -0.549. The smallest absolute Gasteiger partial charge is 0.355 e. The van der Waals surface area contributed by atoms with E-state index >= 15 is 0 Å². The first-order valence-electron chi connectivity index (χ1n) is 3.41. The van der Waals surface area contributed by atoms with Crippen LogP contribution in [0.2, 0.25) is 0 Å². The maximum Gasteiger partial charge on any atom is 0.355 e. The Balaban J connectivity index is 2.71. The molecule has 0 saturated carbocycles. The third-order valence-corrected chi connectivity index (χ3v) is 1.65. The number of nitrogens with two attached hydrogens (primary N) is 1. The van der Waals surface area contributed by atoms with Crippen molar-refractivity contribution in [3.63, 3.8) is 0 Å². The van der Waals surface area contributed by atoms with Crippen LogP contribution in [0, 0.1) is 0 Å². The van der Waals surface area contributed by atoms with E-state index < -0.39 is 12.1 Å². The second-order valence-corrected chi connectivity index (χ2v) is 2.39. The van der Waals surface area contributed by atoms with Gasteiger partial charge in [0.2, 0.25) is 0 Å². The molecule has 1 rings (SSSR count). The molecule has 5 nitrogen and oxygen atoms in total. The Morgan fingerprint density at radius 1 is 1.75 bits per heavy atom. The molecule has 2 N–H and O–H groups in total. The van der Waals surface area contributed by atoms with Crippen LogP contribution in [0.4, 0.5) is 0 Å². The quantitative estimate of drug-likeness (QED) is 0.449. The fourth-order valence-corrected chi connectivity index (χ4v) is 0.964. The molecule has 1 aliphatic heterocycles. The average Bonchev–Trinajstić information content (AvgIpc) is 2.25. The number of rotatable bonds is 3. The number of carbonyl (C=O) groups is 2. The largest absolute Gasteiger partial charge is 0.463 e. The normalized spacial score (nSPS) is 22.4. The molecular weight excluding hydrogens is 162 g/mol. The van der Waals surface area contributed by atoms with Gasteiger partial charge in [0.15, 0.2) is 0 Å². The summed E-state index contributed by atoms with van der Waals surface area (Å²) in [6.07, 6.45) is -0.391. The van der Waals surface area contributed by atoms with E-state index in [-0.39, 0.29) is 12.3 Å². The Morgan fingerprint density at radius 3 is 2.83 bits per heavy atom. The molecule has 0 saturated heterocycles. The monoisotopic (exact) mass is 171 g/mol. The Bertz CT molecular complexity index is 246. The Morgan fingerprint density at radius 2 is 2.42 bits per heavy atom. The van der Waals surface area contributed by atoms with Crippen LogP contribution in [0.5, 0.6) is 0 Å². The van der Waals surface area contributed by atoms with Gasteiger partial charge in [-0.25, -0.2) is 4.79 Å². The van der Waals surface area contributed by atoms with E-state index in [9.17, 15) is 9.59 Å². The van der Waals surface area contributed by atoms with Crippen LogP contribution in [-0.4, -0.2) is 25.2 Å². The standard InChI is InChI=1S/C7H9NO4/c1-4-5(2-11-3-9)6(8)7(10)12-4/h3-4H,2,8H2,1H3. The van der Waals surface area contributed by atoms with Crippen LogP contribution in [0.1, 0.15) is 6.92 Å². The lowest BCUT2D eigenvalue weighted by molar-refractivity contribution is -0.139. The van der Waals surface area contributed by atoms with E-state index in [0.717, 1.165) is 0 Å². The highest BCUT2D eigenvalue weighted by Gasteiger charge is 2.29. The molecular formula is C7H9NO4. The molecule has 0 bridgehead atoms. The van der Waals surface area contributed by atoms with Crippen LogP contribution >= 0.6 is 0 Å². The molecule has 0 spiro atoms. The van der Waals surface area contributed by atoms with Gasteiger partial charge in [0.1, 0.15) is 18.4 Å². The lowest BCUT2D eigenvalue weighted by atomic mass is 10.1. The molecule has 0 aromatic heterocycles. The molecule has 66 valence electrons. The highest BCUT2D eigenvalue weighted by atomic mass is 16.6. The minimum absolute atomic E-state index is 0.0161. The number of carbonyl (C=O) groups excluding carboxylic acids is 2. The van der Waals surface area contributed by atoms with E-state index in [1.165, 1.54) is 0 Å². The zero-order valence-corrected chi connectivity index (χ0v) is 6.57. The number of cyclic esters (lactones) is 1. The first kappa shape index (κ1) is 8.58. The molecule has 1 atom stereocenters. The molecule has 0 amide bonds. The lowest BCUT2D eigenvalue weighted by Crippen LogP contribution is -2.10. The molecule has 1 unspecified atom stereocenters. The maximum atomic E-state index is 10.8. The van der Waals surface area contributed by atoms with Gasteiger partial charge in [-0.2, -0.15) is 0 Å². The van der Waals surface area contributed by atoms with E-state index in [0.29, 0.717) is 12.0 Å². The van der Waals surface area contributed by atoms with Crippen LogP contribution < -0.4 is 5.73 Å². The van der Waals surface area contributed by atoms with Crippen molar-refractivity contribution in [1.29, 1.82) is 0 Å². The Hall–Kier alpha value is -1.52. The Kier molecular flexibility index (Phi) is 2.32. The highest BCUT2D eigenvalue weighted by molar-refractivity contribution is 5.91. The van der Waals surface area contributed by atoms with Gasteiger partial charge in [0.25, 0.3) is 6.47 Å².